The summed E-state index contributed by atoms with van der Waals surface area (Å²) >= 11 is 1.53. The number of hydrogen-bond acceptors (Lipinski definition) is 5. The van der Waals surface area contributed by atoms with E-state index in [0.29, 0.717) is 30.3 Å². The van der Waals surface area contributed by atoms with Gasteiger partial charge < -0.3 is 26.0 Å². The number of piperidine rings is 1. The maximum atomic E-state index is 12.8. The lowest BCUT2D eigenvalue weighted by atomic mass is 9.95. The second-order valence-electron chi connectivity index (χ2n) is 7.82. The lowest BCUT2D eigenvalue weighted by Crippen LogP contribution is -3.14. The quantitative estimate of drug-likeness (QED) is 0.431. The second-order valence-corrected chi connectivity index (χ2v) is 8.92. The second kappa shape index (κ2) is 10.2. The van der Waals surface area contributed by atoms with Gasteiger partial charge in [0.1, 0.15) is 5.00 Å². The van der Waals surface area contributed by atoms with Gasteiger partial charge in [0.2, 0.25) is 5.91 Å². The minimum absolute atomic E-state index is 0.0757. The average Bonchev–Trinajstić information content (AvgIpc) is 3.06. The van der Waals surface area contributed by atoms with E-state index in [0.717, 1.165) is 62.1 Å². The van der Waals surface area contributed by atoms with Crippen molar-refractivity contribution in [2.24, 2.45) is 11.7 Å². The first-order valence-corrected chi connectivity index (χ1v) is 11.2. The summed E-state index contributed by atoms with van der Waals surface area (Å²) in [4.78, 5) is 39.1. The predicted octanol–water partition coefficient (Wildman–Crippen LogP) is -0.278. The normalized spacial score (nSPS) is 21.3. The number of primary amides is 1. The van der Waals surface area contributed by atoms with Crippen LogP contribution in [-0.4, -0.2) is 57.6 Å². The lowest BCUT2D eigenvalue weighted by Gasteiger charge is -2.27. The molecule has 1 aromatic heterocycles. The third kappa shape index (κ3) is 5.55. The van der Waals surface area contributed by atoms with Crippen LogP contribution in [0.4, 0.5) is 5.00 Å². The minimum atomic E-state index is -0.248. The van der Waals surface area contributed by atoms with Crippen molar-refractivity contribution in [3.8, 4) is 0 Å². The largest absolute Gasteiger partial charge is 0.383 e. The molecule has 3 amide bonds. The number of likely N-dealkylation sites (tertiary alicyclic amines) is 1. The molecule has 1 fully saturated rings. The molecule has 3 rings (SSSR count). The van der Waals surface area contributed by atoms with Crippen LogP contribution in [0.5, 0.6) is 0 Å². The number of ether oxygens (including phenoxy) is 1. The Bertz CT molecular complexity index is 756. The Kier molecular flexibility index (Phi) is 7.63. The van der Waals surface area contributed by atoms with Gasteiger partial charge in [0.15, 0.2) is 6.54 Å². The fraction of sp³-hybridized carbons (Fsp3) is 0.650. The Morgan fingerprint density at radius 3 is 2.62 bits per heavy atom. The number of carbonyl (C=O) groups is 3. The first-order valence-electron chi connectivity index (χ1n) is 10.3. The van der Waals surface area contributed by atoms with Crippen LogP contribution in [0.3, 0.4) is 0 Å². The molecule has 2 aliphatic rings. The van der Waals surface area contributed by atoms with Gasteiger partial charge in [-0.05, 0) is 31.2 Å². The first kappa shape index (κ1) is 21.7. The molecule has 0 atom stereocenters. The number of methoxy groups -OCH3 is 1. The van der Waals surface area contributed by atoms with Crippen molar-refractivity contribution < 1.29 is 24.0 Å². The summed E-state index contributed by atoms with van der Waals surface area (Å²) < 4.78 is 5.01. The summed E-state index contributed by atoms with van der Waals surface area (Å²) in [5, 5.41) is 6.54. The van der Waals surface area contributed by atoms with E-state index in [4.69, 9.17) is 10.5 Å². The monoisotopic (exact) mass is 423 g/mol. The van der Waals surface area contributed by atoms with E-state index in [9.17, 15) is 14.4 Å². The lowest BCUT2D eigenvalue weighted by molar-refractivity contribution is -0.897. The highest BCUT2D eigenvalue weighted by Crippen LogP contribution is 2.38. The molecule has 0 radical (unpaired) electrons. The molecule has 29 heavy (non-hydrogen) atoms. The fourth-order valence-electron chi connectivity index (χ4n) is 4.13. The number of quaternary nitrogens is 1. The molecule has 0 bridgehead atoms. The number of nitrogens with two attached hydrogens (primary N) is 1. The van der Waals surface area contributed by atoms with E-state index in [2.05, 4.69) is 10.6 Å². The van der Waals surface area contributed by atoms with Gasteiger partial charge in [0.05, 0.1) is 25.3 Å². The number of rotatable bonds is 8. The molecule has 1 aliphatic heterocycles. The maximum Gasteiger partial charge on any atom is 0.280 e. The zero-order chi connectivity index (χ0) is 20.8. The highest BCUT2D eigenvalue weighted by Gasteiger charge is 2.29. The standard InChI is InChI=1S/C20H30N4O4S/c1-28-11-8-22-19(27)17-14-4-2-3-5-15(14)29-20(17)23-16(25)12-24-9-6-13(7-10-24)18(21)26/h13H,2-12H2,1H3,(H2,21,26)(H,22,27)(H,23,25)/p+1. The van der Waals surface area contributed by atoms with Crippen LogP contribution in [0, 0.1) is 5.92 Å². The smallest absolute Gasteiger partial charge is 0.280 e. The summed E-state index contributed by atoms with van der Waals surface area (Å²) in [5.74, 6) is -0.566. The molecule has 1 aromatic rings. The van der Waals surface area contributed by atoms with E-state index < -0.39 is 0 Å². The molecule has 1 saturated heterocycles. The molecule has 0 aromatic carbocycles. The Hall–Kier alpha value is -1.97. The molecular formula is C20H31N4O4S+. The molecule has 9 heteroatoms. The zero-order valence-corrected chi connectivity index (χ0v) is 17.8. The van der Waals surface area contributed by atoms with Crippen molar-refractivity contribution in [1.29, 1.82) is 0 Å². The van der Waals surface area contributed by atoms with Crippen molar-refractivity contribution in [3.05, 3.63) is 16.0 Å². The minimum Gasteiger partial charge on any atom is -0.383 e. The highest BCUT2D eigenvalue weighted by molar-refractivity contribution is 7.17. The van der Waals surface area contributed by atoms with Crippen molar-refractivity contribution in [1.82, 2.24) is 5.32 Å². The number of hydrogen-bond donors (Lipinski definition) is 4. The van der Waals surface area contributed by atoms with Crippen molar-refractivity contribution in [2.45, 2.75) is 38.5 Å². The van der Waals surface area contributed by atoms with E-state index in [1.54, 1.807) is 7.11 Å². The summed E-state index contributed by atoms with van der Waals surface area (Å²) in [5.41, 5.74) is 7.09. The predicted molar refractivity (Wildman–Crippen MR) is 111 cm³/mol. The average molecular weight is 424 g/mol. The van der Waals surface area contributed by atoms with Gasteiger partial charge in [-0.3, -0.25) is 14.4 Å². The van der Waals surface area contributed by atoms with E-state index >= 15 is 0 Å². The van der Waals surface area contributed by atoms with Gasteiger partial charge in [-0.1, -0.05) is 0 Å². The van der Waals surface area contributed by atoms with Crippen LogP contribution in [0.1, 0.15) is 46.5 Å². The van der Waals surface area contributed by atoms with Crippen LogP contribution >= 0.6 is 11.3 Å². The van der Waals surface area contributed by atoms with Crippen LogP contribution in [-0.2, 0) is 27.2 Å². The van der Waals surface area contributed by atoms with Crippen LogP contribution < -0.4 is 21.3 Å². The summed E-state index contributed by atoms with van der Waals surface area (Å²) in [7, 11) is 1.60. The topological polar surface area (TPSA) is 115 Å². The molecule has 2 heterocycles. The van der Waals surface area contributed by atoms with Gasteiger partial charge in [0, 0.05) is 37.3 Å². The molecule has 0 spiro atoms. The zero-order valence-electron chi connectivity index (χ0n) is 17.0. The van der Waals surface area contributed by atoms with Gasteiger partial charge in [-0.15, -0.1) is 11.3 Å². The Balaban J connectivity index is 1.65. The molecule has 5 N–H and O–H groups in total. The SMILES string of the molecule is COCCNC(=O)c1c(NC(=O)C[NH+]2CCC(C(N)=O)CC2)sc2c1CCCC2. The Labute approximate surface area is 175 Å². The van der Waals surface area contributed by atoms with Crippen LogP contribution in [0.15, 0.2) is 0 Å². The van der Waals surface area contributed by atoms with Gasteiger partial charge in [-0.2, -0.15) is 0 Å². The van der Waals surface area contributed by atoms with Gasteiger partial charge in [-0.25, -0.2) is 0 Å². The van der Waals surface area contributed by atoms with E-state index in [1.807, 2.05) is 0 Å². The van der Waals surface area contributed by atoms with E-state index in [1.165, 1.54) is 16.2 Å². The number of amides is 3. The molecule has 160 valence electrons. The van der Waals surface area contributed by atoms with Crippen LogP contribution in [0.25, 0.3) is 0 Å². The molecule has 0 unspecified atom stereocenters. The number of aryl methyl sites for hydroxylation is 1. The molecule has 1 aliphatic carbocycles. The summed E-state index contributed by atoms with van der Waals surface area (Å²) in [6.45, 7) is 2.73. The molecule has 8 nitrogen and oxygen atoms in total. The maximum absolute atomic E-state index is 12.8. The molecular weight excluding hydrogens is 392 g/mol. The van der Waals surface area contributed by atoms with Gasteiger partial charge in [0.25, 0.3) is 11.8 Å². The van der Waals surface area contributed by atoms with Crippen LogP contribution in [0.2, 0.25) is 0 Å². The van der Waals surface area contributed by atoms with E-state index in [-0.39, 0.29) is 23.6 Å². The number of nitrogens with one attached hydrogen (secondary N) is 3. The van der Waals surface area contributed by atoms with Crippen molar-refractivity contribution in [2.75, 3.05) is 45.2 Å². The third-order valence-corrected chi connectivity index (χ3v) is 6.96. The number of fused-ring (bicyclic) bond motifs is 1. The van der Waals surface area contributed by atoms with Crippen molar-refractivity contribution >= 4 is 34.1 Å². The third-order valence-electron chi connectivity index (χ3n) is 5.75. The highest BCUT2D eigenvalue weighted by atomic mass is 32.1. The fourth-order valence-corrected chi connectivity index (χ4v) is 5.44. The summed E-state index contributed by atoms with van der Waals surface area (Å²) in [6, 6.07) is 0. The Morgan fingerprint density at radius 2 is 1.93 bits per heavy atom. The number of anilines is 1. The first-order chi connectivity index (χ1) is 14.0. The summed E-state index contributed by atoms with van der Waals surface area (Å²) in [6.07, 6.45) is 5.45. The van der Waals surface area contributed by atoms with Gasteiger partial charge >= 0.3 is 0 Å². The number of carbonyl (C=O) groups excluding carboxylic acids is 3. The Morgan fingerprint density at radius 1 is 1.21 bits per heavy atom. The number of thiophene rings is 1. The molecule has 0 saturated carbocycles. The van der Waals surface area contributed by atoms with Crippen molar-refractivity contribution in [3.63, 3.8) is 0 Å².